The summed E-state index contributed by atoms with van der Waals surface area (Å²) < 4.78 is 17.4. The van der Waals surface area contributed by atoms with Crippen LogP contribution in [0.4, 0.5) is 0 Å². The van der Waals surface area contributed by atoms with E-state index in [2.05, 4.69) is 26.2 Å². The molecule has 1 fully saturated rings. The zero-order valence-electron chi connectivity index (χ0n) is 19.4. The summed E-state index contributed by atoms with van der Waals surface area (Å²) in [5.74, 6) is 3.93. The number of nitrogens with one attached hydrogen (secondary N) is 1. The van der Waals surface area contributed by atoms with Crippen LogP contribution in [-0.4, -0.2) is 37.5 Å². The van der Waals surface area contributed by atoms with Gasteiger partial charge in [-0.3, -0.25) is 9.89 Å². The number of nitrogens with zero attached hydrogens (tertiary/aromatic N) is 4. The number of hydrogen-bond acceptors (Lipinski definition) is 7. The number of carbonyl (C=O) groups is 1. The third-order valence-corrected chi connectivity index (χ3v) is 6.43. The van der Waals surface area contributed by atoms with E-state index in [0.717, 1.165) is 53.3 Å². The van der Waals surface area contributed by atoms with E-state index in [4.69, 9.17) is 13.6 Å². The van der Waals surface area contributed by atoms with Gasteiger partial charge in [0.2, 0.25) is 5.91 Å². The molecule has 1 N–H and O–H groups in total. The Labute approximate surface area is 201 Å². The summed E-state index contributed by atoms with van der Waals surface area (Å²) in [7, 11) is 0. The molecule has 0 saturated heterocycles. The average molecular weight is 472 g/mol. The quantitative estimate of drug-likeness (QED) is 0.397. The van der Waals surface area contributed by atoms with Crippen molar-refractivity contribution in [1.29, 1.82) is 0 Å². The highest BCUT2D eigenvalue weighted by atomic mass is 16.5. The van der Waals surface area contributed by atoms with Crippen molar-refractivity contribution in [2.45, 2.75) is 45.3 Å². The lowest BCUT2D eigenvalue weighted by atomic mass is 9.96. The first kappa shape index (κ1) is 21.4. The molecule has 0 spiro atoms. The minimum atomic E-state index is -0.0559. The number of benzene rings is 1. The number of carbonyl (C=O) groups excluding carboxylic acids is 1. The normalized spacial score (nSPS) is 15.5. The zero-order valence-corrected chi connectivity index (χ0v) is 19.4. The Kier molecular flexibility index (Phi) is 5.44. The predicted molar refractivity (Wildman–Crippen MR) is 126 cm³/mol. The Hall–Kier alpha value is -4.14. The van der Waals surface area contributed by atoms with E-state index < -0.39 is 0 Å². The Morgan fingerprint density at radius 3 is 3.00 bits per heavy atom. The number of H-pyrrole nitrogens is 1. The molecule has 0 radical (unpaired) electrons. The third kappa shape index (κ3) is 4.49. The second-order valence-electron chi connectivity index (χ2n) is 8.93. The molecule has 9 nitrogen and oxygen atoms in total. The van der Waals surface area contributed by atoms with Crippen LogP contribution in [-0.2, 0) is 24.4 Å². The van der Waals surface area contributed by atoms with Crippen molar-refractivity contribution in [1.82, 2.24) is 25.1 Å². The Morgan fingerprint density at radius 1 is 1.31 bits per heavy atom. The SMILES string of the molecule is Cc1oc(C2CC2)nc1COc1cc2c(cc1-c1ncn[nH]1)CCN(C(=O)/C=C/c1ccco1)C2. The van der Waals surface area contributed by atoms with Crippen molar-refractivity contribution in [3.63, 3.8) is 0 Å². The number of furan rings is 1. The standard InChI is InChI=1S/C26H25N5O4/c1-16-22(29-26(35-16)17-4-5-17)14-34-23-12-19-13-31(24(32)7-6-20-3-2-10-33-20)9-8-18(19)11-21(23)25-27-15-28-30-25/h2-3,6-7,10-12,15,17H,4-5,8-9,13-14H2,1H3,(H,27,28,30)/b7-6+. The van der Waals surface area contributed by atoms with Gasteiger partial charge in [0.25, 0.3) is 0 Å². The molecule has 178 valence electrons. The van der Waals surface area contributed by atoms with Gasteiger partial charge < -0.3 is 18.5 Å². The molecule has 2 aliphatic rings. The van der Waals surface area contributed by atoms with Gasteiger partial charge in [-0.25, -0.2) is 9.97 Å². The van der Waals surface area contributed by atoms with Gasteiger partial charge in [-0.05, 0) is 67.7 Å². The number of rotatable bonds is 7. The van der Waals surface area contributed by atoms with E-state index in [1.54, 1.807) is 24.5 Å². The fraction of sp³-hybridized carbons (Fsp3) is 0.308. The second-order valence-corrected chi connectivity index (χ2v) is 8.93. The summed E-state index contributed by atoms with van der Waals surface area (Å²) >= 11 is 0. The number of amides is 1. The maximum absolute atomic E-state index is 12.8. The summed E-state index contributed by atoms with van der Waals surface area (Å²) in [5, 5.41) is 6.94. The Bertz CT molecular complexity index is 1370. The predicted octanol–water partition coefficient (Wildman–Crippen LogP) is 4.42. The van der Waals surface area contributed by atoms with Crippen LogP contribution in [0, 0.1) is 6.92 Å². The minimum Gasteiger partial charge on any atom is -0.486 e. The summed E-state index contributed by atoms with van der Waals surface area (Å²) in [6, 6.07) is 7.69. The largest absolute Gasteiger partial charge is 0.486 e. The number of hydrogen-bond donors (Lipinski definition) is 1. The molecule has 0 unspecified atom stereocenters. The first-order valence-electron chi connectivity index (χ1n) is 11.7. The Morgan fingerprint density at radius 2 is 2.23 bits per heavy atom. The highest BCUT2D eigenvalue weighted by molar-refractivity contribution is 5.91. The highest BCUT2D eigenvalue weighted by Gasteiger charge is 2.30. The highest BCUT2D eigenvalue weighted by Crippen LogP contribution is 2.40. The molecule has 4 heterocycles. The number of aromatic nitrogens is 4. The van der Waals surface area contributed by atoms with Crippen molar-refractivity contribution in [3.8, 4) is 17.1 Å². The molecule has 3 aromatic heterocycles. The fourth-order valence-corrected chi connectivity index (χ4v) is 4.29. The molecule has 9 heteroatoms. The molecule has 1 saturated carbocycles. The summed E-state index contributed by atoms with van der Waals surface area (Å²) in [4.78, 5) is 23.6. The molecule has 1 aliphatic heterocycles. The van der Waals surface area contributed by atoms with Gasteiger partial charge in [-0.15, -0.1) is 0 Å². The van der Waals surface area contributed by atoms with Gasteiger partial charge in [0.15, 0.2) is 11.7 Å². The molecule has 0 atom stereocenters. The smallest absolute Gasteiger partial charge is 0.246 e. The molecule has 0 bridgehead atoms. The van der Waals surface area contributed by atoms with E-state index in [-0.39, 0.29) is 12.5 Å². The van der Waals surface area contributed by atoms with Crippen LogP contribution in [0.2, 0.25) is 0 Å². The first-order valence-corrected chi connectivity index (χ1v) is 11.7. The van der Waals surface area contributed by atoms with Gasteiger partial charge in [0, 0.05) is 25.1 Å². The van der Waals surface area contributed by atoms with Crippen molar-refractivity contribution in [2.75, 3.05) is 6.54 Å². The van der Waals surface area contributed by atoms with E-state index in [1.807, 2.05) is 24.0 Å². The number of aromatic amines is 1. The number of ether oxygens (including phenoxy) is 1. The van der Waals surface area contributed by atoms with Gasteiger partial charge >= 0.3 is 0 Å². The summed E-state index contributed by atoms with van der Waals surface area (Å²) in [6.45, 7) is 3.34. The van der Waals surface area contributed by atoms with Gasteiger partial charge in [-0.1, -0.05) is 0 Å². The average Bonchev–Trinajstić information content (AvgIpc) is 3.24. The van der Waals surface area contributed by atoms with E-state index in [1.165, 1.54) is 6.33 Å². The fourth-order valence-electron chi connectivity index (χ4n) is 4.29. The molecule has 6 rings (SSSR count). The second kappa shape index (κ2) is 8.90. The molecule has 1 aliphatic carbocycles. The van der Waals surface area contributed by atoms with Crippen LogP contribution in [0.15, 0.2) is 51.8 Å². The number of fused-ring (bicyclic) bond motifs is 1. The maximum Gasteiger partial charge on any atom is 0.246 e. The van der Waals surface area contributed by atoms with Gasteiger partial charge in [0.1, 0.15) is 35.9 Å². The first-order chi connectivity index (χ1) is 17.1. The van der Waals surface area contributed by atoms with E-state index in [9.17, 15) is 4.79 Å². The zero-order chi connectivity index (χ0) is 23.8. The van der Waals surface area contributed by atoms with Crippen LogP contribution in [0.1, 0.15) is 53.0 Å². The van der Waals surface area contributed by atoms with E-state index in [0.29, 0.717) is 36.3 Å². The monoisotopic (exact) mass is 471 g/mol. The van der Waals surface area contributed by atoms with Crippen LogP contribution < -0.4 is 4.74 Å². The summed E-state index contributed by atoms with van der Waals surface area (Å²) in [5.41, 5.74) is 3.84. The van der Waals surface area contributed by atoms with Gasteiger partial charge in [0.05, 0.1) is 11.8 Å². The van der Waals surface area contributed by atoms with Crippen molar-refractivity contribution in [3.05, 3.63) is 77.2 Å². The summed E-state index contributed by atoms with van der Waals surface area (Å²) in [6.07, 6.45) is 9.31. The lowest BCUT2D eigenvalue weighted by Gasteiger charge is -2.29. The Balaban J connectivity index is 1.24. The lowest BCUT2D eigenvalue weighted by molar-refractivity contribution is -0.126. The van der Waals surface area contributed by atoms with E-state index >= 15 is 0 Å². The minimum absolute atomic E-state index is 0.0559. The third-order valence-electron chi connectivity index (χ3n) is 6.43. The maximum atomic E-state index is 12.8. The van der Waals surface area contributed by atoms with Gasteiger partial charge in [-0.2, -0.15) is 5.10 Å². The molecule has 35 heavy (non-hydrogen) atoms. The van der Waals surface area contributed by atoms with Crippen LogP contribution in [0.5, 0.6) is 5.75 Å². The molecular formula is C26H25N5O4. The van der Waals surface area contributed by atoms with Crippen LogP contribution in [0.25, 0.3) is 17.5 Å². The van der Waals surface area contributed by atoms with Crippen molar-refractivity contribution < 1.29 is 18.4 Å². The van der Waals surface area contributed by atoms with Crippen LogP contribution >= 0.6 is 0 Å². The molecule has 1 amide bonds. The molecule has 1 aromatic carbocycles. The number of aryl methyl sites for hydroxylation is 1. The lowest BCUT2D eigenvalue weighted by Crippen LogP contribution is -2.34. The molecule has 4 aromatic rings. The van der Waals surface area contributed by atoms with Crippen molar-refractivity contribution >= 4 is 12.0 Å². The van der Waals surface area contributed by atoms with Crippen molar-refractivity contribution in [2.24, 2.45) is 0 Å². The number of oxazole rings is 1. The topological polar surface area (TPSA) is 110 Å². The van der Waals surface area contributed by atoms with Crippen LogP contribution in [0.3, 0.4) is 0 Å². The molecular weight excluding hydrogens is 446 g/mol.